The van der Waals surface area contributed by atoms with E-state index in [1.807, 2.05) is 0 Å². The standard InChI is InChI=1S/C39H42F5N3O5/c1-6-7-24-13-26(36-22(4)11-27(40)12-23(36)5)14-30(37(24)41)32(17-35(49)50)45-38(51)33(10-21(2)3)47-18-25(31(16-34(47)48)39(42,43)44)8-9-46-19-29-15-28(46)20-52-29/h11-14,16,18,21,28-29,32-33H,8-10,15,17,19-20H2,1-5H3,(H,45,51)(H,49,50)/t28-,29-,32?,33?/m0/s1. The van der Waals surface area contributed by atoms with E-state index in [0.717, 1.165) is 17.2 Å². The van der Waals surface area contributed by atoms with Crippen LogP contribution in [-0.4, -0.2) is 58.3 Å². The van der Waals surface area contributed by atoms with Gasteiger partial charge in [0.05, 0.1) is 36.3 Å². The second-order valence-corrected chi connectivity index (χ2v) is 14.1. The van der Waals surface area contributed by atoms with Crippen LogP contribution in [0, 0.1) is 43.2 Å². The molecule has 3 heterocycles. The first-order valence-corrected chi connectivity index (χ1v) is 17.2. The van der Waals surface area contributed by atoms with Crippen molar-refractivity contribution in [1.29, 1.82) is 0 Å². The number of aryl methyl sites for hydroxylation is 2. The van der Waals surface area contributed by atoms with Gasteiger partial charge in [0.1, 0.15) is 17.7 Å². The van der Waals surface area contributed by atoms with Gasteiger partial charge < -0.3 is 19.7 Å². The number of morpholine rings is 1. The number of fused-ring (bicyclic) bond motifs is 2. The van der Waals surface area contributed by atoms with Crippen molar-refractivity contribution in [2.45, 2.75) is 90.7 Å². The summed E-state index contributed by atoms with van der Waals surface area (Å²) in [5, 5.41) is 12.5. The van der Waals surface area contributed by atoms with E-state index in [9.17, 15) is 37.1 Å². The minimum Gasteiger partial charge on any atom is -0.481 e. The van der Waals surface area contributed by atoms with E-state index >= 15 is 4.39 Å². The summed E-state index contributed by atoms with van der Waals surface area (Å²) in [6.45, 7) is 9.76. The number of carbonyl (C=O) groups excluding carboxylic acids is 1. The number of hydrogen-bond acceptors (Lipinski definition) is 5. The van der Waals surface area contributed by atoms with Crippen molar-refractivity contribution in [3.8, 4) is 23.0 Å². The molecule has 2 bridgehead atoms. The van der Waals surface area contributed by atoms with Crippen LogP contribution in [0.25, 0.3) is 11.1 Å². The highest BCUT2D eigenvalue weighted by molar-refractivity contribution is 5.82. The van der Waals surface area contributed by atoms with E-state index in [2.05, 4.69) is 22.1 Å². The minimum absolute atomic E-state index is 0.00655. The monoisotopic (exact) mass is 727 g/mol. The van der Waals surface area contributed by atoms with Crippen LogP contribution in [0.15, 0.2) is 41.3 Å². The lowest BCUT2D eigenvalue weighted by Crippen LogP contribution is -2.41. The number of aromatic nitrogens is 1. The molecule has 0 aliphatic carbocycles. The summed E-state index contributed by atoms with van der Waals surface area (Å²) in [6, 6.07) is 3.23. The average molecular weight is 728 g/mol. The normalized spacial score (nSPS) is 18.3. The summed E-state index contributed by atoms with van der Waals surface area (Å²) in [6.07, 6.45) is -3.71. The third-order valence-corrected chi connectivity index (χ3v) is 9.70. The number of carboxylic acids is 1. The fraction of sp³-hybridized carbons (Fsp3) is 0.462. The third kappa shape index (κ3) is 8.56. The molecular weight excluding hydrogens is 685 g/mol. The molecule has 2 aromatic carbocycles. The van der Waals surface area contributed by atoms with Crippen LogP contribution in [0.4, 0.5) is 22.0 Å². The SMILES string of the molecule is CC#Cc1cc(-c2c(C)cc(F)cc2C)cc(C(CC(=O)O)NC(=O)C(CC(C)C)n2cc(CCN3C[C@@H]4C[C@H]3CO4)c(C(F)(F)F)cc2=O)c1F. The van der Waals surface area contributed by atoms with Gasteiger partial charge in [-0.2, -0.15) is 13.2 Å². The summed E-state index contributed by atoms with van der Waals surface area (Å²) < 4.78 is 79.6. The number of nitrogens with zero attached hydrogens (tertiary/aromatic N) is 2. The highest BCUT2D eigenvalue weighted by Gasteiger charge is 2.40. The van der Waals surface area contributed by atoms with Crippen molar-refractivity contribution < 1.29 is 41.4 Å². The maximum absolute atomic E-state index is 16.2. The Bertz CT molecular complexity index is 1960. The van der Waals surface area contributed by atoms with Crippen molar-refractivity contribution in [2.24, 2.45) is 5.92 Å². The number of pyridine rings is 1. The van der Waals surface area contributed by atoms with Crippen LogP contribution in [0.5, 0.6) is 0 Å². The zero-order chi connectivity index (χ0) is 38.1. The molecule has 52 heavy (non-hydrogen) atoms. The highest BCUT2D eigenvalue weighted by Crippen LogP contribution is 2.36. The molecule has 3 aromatic rings. The van der Waals surface area contributed by atoms with Crippen LogP contribution >= 0.6 is 0 Å². The number of ether oxygens (including phenoxy) is 1. The molecule has 1 amide bonds. The maximum atomic E-state index is 16.2. The molecule has 4 atom stereocenters. The predicted molar refractivity (Wildman–Crippen MR) is 185 cm³/mol. The van der Waals surface area contributed by atoms with Crippen molar-refractivity contribution in [3.05, 3.63) is 91.9 Å². The van der Waals surface area contributed by atoms with Gasteiger partial charge in [0, 0.05) is 37.0 Å². The van der Waals surface area contributed by atoms with Gasteiger partial charge in [0.15, 0.2) is 0 Å². The summed E-state index contributed by atoms with van der Waals surface area (Å²) in [4.78, 5) is 41.8. The Morgan fingerprint density at radius 3 is 2.35 bits per heavy atom. The van der Waals surface area contributed by atoms with Crippen LogP contribution in [-0.2, 0) is 26.9 Å². The topological polar surface area (TPSA) is 101 Å². The molecule has 2 unspecified atom stereocenters. The quantitative estimate of drug-likeness (QED) is 0.159. The molecule has 13 heteroatoms. The van der Waals surface area contributed by atoms with Crippen LogP contribution in [0.3, 0.4) is 0 Å². The summed E-state index contributed by atoms with van der Waals surface area (Å²) in [7, 11) is 0. The Hall–Kier alpha value is -4.54. The number of carbonyl (C=O) groups is 2. The number of rotatable bonds is 12. The maximum Gasteiger partial charge on any atom is 0.416 e. The van der Waals surface area contributed by atoms with E-state index in [4.69, 9.17) is 4.74 Å². The van der Waals surface area contributed by atoms with Gasteiger partial charge in [-0.15, -0.1) is 5.92 Å². The Morgan fingerprint density at radius 2 is 1.79 bits per heavy atom. The number of likely N-dealkylation sites (tertiary alicyclic amines) is 1. The largest absolute Gasteiger partial charge is 0.481 e. The molecule has 0 saturated carbocycles. The lowest BCUT2D eigenvalue weighted by Gasteiger charge is -2.28. The number of nitrogens with one attached hydrogen (secondary N) is 1. The molecule has 278 valence electrons. The third-order valence-electron chi connectivity index (χ3n) is 9.70. The molecule has 2 N–H and O–H groups in total. The molecule has 2 aliphatic rings. The first-order chi connectivity index (χ1) is 24.5. The number of alkyl halides is 3. The van der Waals surface area contributed by atoms with Crippen molar-refractivity contribution in [3.63, 3.8) is 0 Å². The first kappa shape index (κ1) is 38.7. The molecule has 0 spiro atoms. The number of carboxylic acid groups (broad SMARTS) is 1. The van der Waals surface area contributed by atoms with Gasteiger partial charge >= 0.3 is 12.1 Å². The van der Waals surface area contributed by atoms with Gasteiger partial charge in [0.2, 0.25) is 5.91 Å². The number of halogens is 5. The Kier molecular flexibility index (Phi) is 11.6. The lowest BCUT2D eigenvalue weighted by molar-refractivity contribution is -0.139. The van der Waals surface area contributed by atoms with Gasteiger partial charge in [-0.25, -0.2) is 8.78 Å². The van der Waals surface area contributed by atoms with E-state index in [0.29, 0.717) is 48.0 Å². The van der Waals surface area contributed by atoms with Gasteiger partial charge in [-0.3, -0.25) is 19.3 Å². The Morgan fingerprint density at radius 1 is 1.10 bits per heavy atom. The lowest BCUT2D eigenvalue weighted by atomic mass is 9.90. The van der Waals surface area contributed by atoms with Gasteiger partial charge in [-0.05, 0) is 98.0 Å². The zero-order valence-electron chi connectivity index (χ0n) is 29.7. The van der Waals surface area contributed by atoms with Crippen LogP contribution in [0.1, 0.15) is 85.5 Å². The zero-order valence-corrected chi connectivity index (χ0v) is 29.7. The molecule has 2 fully saturated rings. The molecule has 8 nitrogen and oxygen atoms in total. The van der Waals surface area contributed by atoms with E-state index in [-0.39, 0.29) is 47.6 Å². The fourth-order valence-electron chi connectivity index (χ4n) is 7.43. The fourth-order valence-corrected chi connectivity index (χ4v) is 7.43. The summed E-state index contributed by atoms with van der Waals surface area (Å²) in [5.74, 6) is 1.48. The molecule has 1 aromatic heterocycles. The summed E-state index contributed by atoms with van der Waals surface area (Å²) in [5.41, 5.74) is -0.552. The second kappa shape index (κ2) is 15.6. The van der Waals surface area contributed by atoms with Crippen molar-refractivity contribution in [1.82, 2.24) is 14.8 Å². The minimum atomic E-state index is -4.83. The van der Waals surface area contributed by atoms with Crippen molar-refractivity contribution >= 4 is 11.9 Å². The van der Waals surface area contributed by atoms with Gasteiger partial charge in [0.25, 0.3) is 5.56 Å². The molecular formula is C39H42F5N3O5. The van der Waals surface area contributed by atoms with Crippen molar-refractivity contribution in [2.75, 3.05) is 19.7 Å². The second-order valence-electron chi connectivity index (χ2n) is 14.1. The van der Waals surface area contributed by atoms with Crippen LogP contribution in [0.2, 0.25) is 0 Å². The molecule has 5 rings (SSSR count). The number of hydrogen-bond donors (Lipinski definition) is 2. The summed E-state index contributed by atoms with van der Waals surface area (Å²) >= 11 is 0. The van der Waals surface area contributed by atoms with E-state index in [1.54, 1.807) is 27.7 Å². The van der Waals surface area contributed by atoms with E-state index in [1.165, 1.54) is 31.2 Å². The smallest absolute Gasteiger partial charge is 0.416 e. The van der Waals surface area contributed by atoms with Gasteiger partial charge in [-0.1, -0.05) is 19.8 Å². The van der Waals surface area contributed by atoms with E-state index < -0.39 is 59.3 Å². The number of amides is 1. The Balaban J connectivity index is 1.56. The molecule has 0 radical (unpaired) electrons. The molecule has 2 aliphatic heterocycles. The Labute approximate surface area is 299 Å². The number of benzene rings is 2. The van der Waals surface area contributed by atoms with Crippen LogP contribution < -0.4 is 10.9 Å². The average Bonchev–Trinajstić information content (AvgIpc) is 3.67. The first-order valence-electron chi connectivity index (χ1n) is 17.2. The predicted octanol–water partition coefficient (Wildman–Crippen LogP) is 6.74. The number of aliphatic carboxylic acids is 1. The molecule has 2 saturated heterocycles. The highest BCUT2D eigenvalue weighted by atomic mass is 19.4.